The first-order chi connectivity index (χ1) is 7.66. The molecule has 0 amide bonds. The van der Waals surface area contributed by atoms with E-state index in [0.717, 1.165) is 31.7 Å². The largest absolute Gasteiger partial charge is 0.314 e. The molecule has 0 saturated carbocycles. The maximum atomic E-state index is 12.9. The van der Waals surface area contributed by atoms with Gasteiger partial charge in [0.15, 0.2) is 0 Å². The average Bonchev–Trinajstić information content (AvgIpc) is 2.25. The maximum Gasteiger partial charge on any atom is 0.124 e. The summed E-state index contributed by atoms with van der Waals surface area (Å²) in [5.41, 5.74) is 0.997. The van der Waals surface area contributed by atoms with Crippen LogP contribution in [0.2, 0.25) is 5.02 Å². The molecule has 1 N–H and O–H groups in total. The Kier molecular flexibility index (Phi) is 3.79. The Labute approximate surface area is 100 Å². The van der Waals surface area contributed by atoms with Gasteiger partial charge in [0.1, 0.15) is 5.82 Å². The molecule has 1 aliphatic heterocycles. The third-order valence-corrected chi connectivity index (χ3v) is 3.38. The standard InChI is InChI=1S/C12H16ClFN2/c1-9-7-15-4-5-16(9)8-10-2-3-11(14)6-12(10)13/h2-3,6,9,15H,4-5,7-8H2,1H3/t9-/m1/s1. The summed E-state index contributed by atoms with van der Waals surface area (Å²) in [6.07, 6.45) is 0. The molecule has 4 heteroatoms. The lowest BCUT2D eigenvalue weighted by Crippen LogP contribution is -2.49. The van der Waals surface area contributed by atoms with E-state index in [1.165, 1.54) is 12.1 Å². The Morgan fingerprint density at radius 1 is 1.56 bits per heavy atom. The second-order valence-electron chi connectivity index (χ2n) is 4.26. The molecule has 0 spiro atoms. The molecule has 1 heterocycles. The van der Waals surface area contributed by atoms with Gasteiger partial charge in [0, 0.05) is 37.2 Å². The molecule has 1 aromatic rings. The molecule has 2 nitrogen and oxygen atoms in total. The fourth-order valence-corrected chi connectivity index (χ4v) is 2.21. The summed E-state index contributed by atoms with van der Waals surface area (Å²) in [5, 5.41) is 3.86. The van der Waals surface area contributed by atoms with E-state index < -0.39 is 0 Å². The maximum absolute atomic E-state index is 12.9. The van der Waals surface area contributed by atoms with Crippen LogP contribution in [0.15, 0.2) is 18.2 Å². The summed E-state index contributed by atoms with van der Waals surface area (Å²) < 4.78 is 12.9. The first-order valence-electron chi connectivity index (χ1n) is 5.55. The van der Waals surface area contributed by atoms with E-state index in [0.29, 0.717) is 11.1 Å². The van der Waals surface area contributed by atoms with Crippen LogP contribution in [0.5, 0.6) is 0 Å². The van der Waals surface area contributed by atoms with Gasteiger partial charge in [0.2, 0.25) is 0 Å². The molecule has 16 heavy (non-hydrogen) atoms. The second kappa shape index (κ2) is 5.13. The highest BCUT2D eigenvalue weighted by Crippen LogP contribution is 2.20. The van der Waals surface area contributed by atoms with Crippen molar-refractivity contribution in [3.8, 4) is 0 Å². The molecule has 2 rings (SSSR count). The van der Waals surface area contributed by atoms with Crippen molar-refractivity contribution in [2.24, 2.45) is 0 Å². The number of hydrogen-bond donors (Lipinski definition) is 1. The Morgan fingerprint density at radius 2 is 2.38 bits per heavy atom. The molecule has 88 valence electrons. The van der Waals surface area contributed by atoms with Gasteiger partial charge in [-0.3, -0.25) is 4.90 Å². The zero-order valence-corrected chi connectivity index (χ0v) is 10.1. The summed E-state index contributed by atoms with van der Waals surface area (Å²) in [6.45, 7) is 5.99. The third kappa shape index (κ3) is 2.73. The first-order valence-corrected chi connectivity index (χ1v) is 5.93. The van der Waals surface area contributed by atoms with E-state index in [1.807, 2.05) is 0 Å². The van der Waals surface area contributed by atoms with Gasteiger partial charge < -0.3 is 5.32 Å². The molecule has 0 unspecified atom stereocenters. The fraction of sp³-hybridized carbons (Fsp3) is 0.500. The molecule has 1 saturated heterocycles. The zero-order valence-electron chi connectivity index (χ0n) is 9.34. The van der Waals surface area contributed by atoms with Crippen molar-refractivity contribution in [2.45, 2.75) is 19.5 Å². The molecular formula is C12H16ClFN2. The highest BCUT2D eigenvalue weighted by atomic mass is 35.5. The van der Waals surface area contributed by atoms with Crippen molar-refractivity contribution in [2.75, 3.05) is 19.6 Å². The fourth-order valence-electron chi connectivity index (χ4n) is 1.99. The summed E-state index contributed by atoms with van der Waals surface area (Å²) in [5.74, 6) is -0.276. The first kappa shape index (κ1) is 11.8. The second-order valence-corrected chi connectivity index (χ2v) is 4.67. The predicted octanol–water partition coefficient (Wildman–Crippen LogP) is 2.27. The molecule has 1 atom stereocenters. The Bertz CT molecular complexity index is 370. The van der Waals surface area contributed by atoms with Crippen molar-refractivity contribution >= 4 is 11.6 Å². The lowest BCUT2D eigenvalue weighted by molar-refractivity contribution is 0.165. The van der Waals surface area contributed by atoms with Gasteiger partial charge in [-0.2, -0.15) is 0 Å². The van der Waals surface area contributed by atoms with Gasteiger partial charge in [-0.25, -0.2) is 4.39 Å². The van der Waals surface area contributed by atoms with Crippen LogP contribution >= 0.6 is 11.6 Å². The van der Waals surface area contributed by atoms with Crippen LogP contribution in [0.25, 0.3) is 0 Å². The molecular weight excluding hydrogens is 227 g/mol. The molecule has 1 aliphatic rings. The predicted molar refractivity (Wildman–Crippen MR) is 64.2 cm³/mol. The van der Waals surface area contributed by atoms with Crippen molar-refractivity contribution in [1.82, 2.24) is 10.2 Å². The minimum Gasteiger partial charge on any atom is -0.314 e. The zero-order chi connectivity index (χ0) is 11.5. The summed E-state index contributed by atoms with van der Waals surface area (Å²) in [6, 6.07) is 5.11. The minimum absolute atomic E-state index is 0.276. The van der Waals surface area contributed by atoms with Crippen LogP contribution < -0.4 is 5.32 Å². The Balaban J connectivity index is 2.07. The van der Waals surface area contributed by atoms with Gasteiger partial charge in [0.25, 0.3) is 0 Å². The normalized spacial score (nSPS) is 22.3. The van der Waals surface area contributed by atoms with Crippen LogP contribution in [0, 0.1) is 5.82 Å². The quantitative estimate of drug-likeness (QED) is 0.856. The third-order valence-electron chi connectivity index (χ3n) is 3.03. The summed E-state index contributed by atoms with van der Waals surface area (Å²) in [7, 11) is 0. The Morgan fingerprint density at radius 3 is 3.06 bits per heavy atom. The molecule has 0 aliphatic carbocycles. The summed E-state index contributed by atoms with van der Waals surface area (Å²) in [4.78, 5) is 2.36. The van der Waals surface area contributed by atoms with Crippen molar-refractivity contribution in [3.63, 3.8) is 0 Å². The van der Waals surface area contributed by atoms with E-state index in [9.17, 15) is 4.39 Å². The number of nitrogens with zero attached hydrogens (tertiary/aromatic N) is 1. The van der Waals surface area contributed by atoms with E-state index in [-0.39, 0.29) is 5.82 Å². The van der Waals surface area contributed by atoms with Gasteiger partial charge in [-0.05, 0) is 24.6 Å². The lowest BCUT2D eigenvalue weighted by atomic mass is 10.1. The highest BCUT2D eigenvalue weighted by molar-refractivity contribution is 6.31. The van der Waals surface area contributed by atoms with E-state index in [1.54, 1.807) is 6.07 Å². The summed E-state index contributed by atoms with van der Waals surface area (Å²) >= 11 is 6.01. The molecule has 0 aromatic heterocycles. The van der Waals surface area contributed by atoms with Crippen molar-refractivity contribution in [1.29, 1.82) is 0 Å². The van der Waals surface area contributed by atoms with Gasteiger partial charge in [0.05, 0.1) is 0 Å². The van der Waals surface area contributed by atoms with Crippen LogP contribution in [-0.4, -0.2) is 30.6 Å². The van der Waals surface area contributed by atoms with Gasteiger partial charge >= 0.3 is 0 Å². The monoisotopic (exact) mass is 242 g/mol. The smallest absolute Gasteiger partial charge is 0.124 e. The van der Waals surface area contributed by atoms with Gasteiger partial charge in [-0.1, -0.05) is 17.7 Å². The number of benzene rings is 1. The number of hydrogen-bond acceptors (Lipinski definition) is 2. The van der Waals surface area contributed by atoms with Crippen molar-refractivity contribution < 1.29 is 4.39 Å². The number of piperazine rings is 1. The molecule has 0 radical (unpaired) electrons. The average molecular weight is 243 g/mol. The topological polar surface area (TPSA) is 15.3 Å². The molecule has 1 fully saturated rings. The lowest BCUT2D eigenvalue weighted by Gasteiger charge is -2.34. The van der Waals surface area contributed by atoms with E-state index >= 15 is 0 Å². The van der Waals surface area contributed by atoms with Crippen LogP contribution in [0.4, 0.5) is 4.39 Å². The van der Waals surface area contributed by atoms with Gasteiger partial charge in [-0.15, -0.1) is 0 Å². The molecule has 0 bridgehead atoms. The van der Waals surface area contributed by atoms with Crippen LogP contribution in [0.3, 0.4) is 0 Å². The van der Waals surface area contributed by atoms with Crippen molar-refractivity contribution in [3.05, 3.63) is 34.6 Å². The molecule has 1 aromatic carbocycles. The van der Waals surface area contributed by atoms with E-state index in [2.05, 4.69) is 17.1 Å². The number of halogens is 2. The number of rotatable bonds is 2. The highest BCUT2D eigenvalue weighted by Gasteiger charge is 2.18. The minimum atomic E-state index is -0.276. The van der Waals surface area contributed by atoms with Crippen LogP contribution in [0.1, 0.15) is 12.5 Å². The van der Waals surface area contributed by atoms with Crippen LogP contribution in [-0.2, 0) is 6.54 Å². The van der Waals surface area contributed by atoms with E-state index in [4.69, 9.17) is 11.6 Å². The Hall–Kier alpha value is -0.640. The SMILES string of the molecule is C[C@@H]1CNCCN1Cc1ccc(F)cc1Cl. The number of nitrogens with one attached hydrogen (secondary N) is 1.